The van der Waals surface area contributed by atoms with Gasteiger partial charge in [0.15, 0.2) is 5.78 Å². The molecule has 1 fully saturated rings. The van der Waals surface area contributed by atoms with E-state index >= 15 is 0 Å². The van der Waals surface area contributed by atoms with E-state index in [1.807, 2.05) is 19.1 Å². The van der Waals surface area contributed by atoms with Crippen molar-refractivity contribution in [1.29, 1.82) is 0 Å². The molecule has 1 aromatic heterocycles. The molecule has 1 heterocycles. The molecule has 0 amide bonds. The van der Waals surface area contributed by atoms with Gasteiger partial charge in [-0.25, -0.2) is 0 Å². The number of carboxylic acid groups (broad SMARTS) is 1. The minimum Gasteiger partial charge on any atom is -0.481 e. The van der Waals surface area contributed by atoms with Crippen LogP contribution in [0.1, 0.15) is 30.1 Å². The minimum atomic E-state index is -0.886. The van der Waals surface area contributed by atoms with Crippen molar-refractivity contribution in [3.8, 4) is 0 Å². The minimum absolute atomic E-state index is 0.119. The second-order valence-electron chi connectivity index (χ2n) is 5.86. The van der Waals surface area contributed by atoms with E-state index in [9.17, 15) is 14.7 Å². The topological polar surface area (TPSA) is 70.2 Å². The number of hydrogen-bond donors (Lipinski definition) is 2. The van der Waals surface area contributed by atoms with Gasteiger partial charge in [0, 0.05) is 28.6 Å². The number of rotatable bonds is 3. The van der Waals surface area contributed by atoms with E-state index in [4.69, 9.17) is 11.6 Å². The highest BCUT2D eigenvalue weighted by Crippen LogP contribution is 2.40. The van der Waals surface area contributed by atoms with E-state index in [1.165, 1.54) is 0 Å². The zero-order chi connectivity index (χ0) is 15.1. The van der Waals surface area contributed by atoms with Gasteiger partial charge in [-0.1, -0.05) is 24.6 Å². The third-order valence-electron chi connectivity index (χ3n) is 4.37. The molecule has 0 bridgehead atoms. The van der Waals surface area contributed by atoms with Crippen molar-refractivity contribution >= 4 is 34.3 Å². The quantitative estimate of drug-likeness (QED) is 0.848. The maximum atomic E-state index is 12.8. The molecular formula is C16H16ClNO3. The first kappa shape index (κ1) is 14.1. The molecule has 0 radical (unpaired) electrons. The van der Waals surface area contributed by atoms with Crippen molar-refractivity contribution in [2.24, 2.45) is 17.8 Å². The third kappa shape index (κ3) is 2.33. The number of aliphatic carboxylic acids is 1. The number of nitrogens with one attached hydrogen (secondary N) is 1. The first-order valence-corrected chi connectivity index (χ1v) is 7.39. The fraction of sp³-hybridized carbons (Fsp3) is 0.375. The molecular weight excluding hydrogens is 290 g/mol. The van der Waals surface area contributed by atoms with Crippen LogP contribution in [0.25, 0.3) is 10.9 Å². The van der Waals surface area contributed by atoms with Gasteiger partial charge in [0.2, 0.25) is 0 Å². The second kappa shape index (κ2) is 5.19. The summed E-state index contributed by atoms with van der Waals surface area (Å²) >= 11 is 6.19. The fourth-order valence-electron chi connectivity index (χ4n) is 3.39. The zero-order valence-electron chi connectivity index (χ0n) is 11.6. The Bertz CT molecular complexity index is 721. The molecule has 0 aliphatic heterocycles. The van der Waals surface area contributed by atoms with E-state index in [2.05, 4.69) is 4.98 Å². The molecule has 2 N–H and O–H groups in total. The number of fused-ring (bicyclic) bond motifs is 1. The SMILES string of the molecule is CC1CC(C(=O)O)C(C(=O)c2c[nH]c3cccc(Cl)c23)C1. The van der Waals surface area contributed by atoms with Gasteiger partial charge in [-0.3, -0.25) is 9.59 Å². The molecule has 0 saturated heterocycles. The smallest absolute Gasteiger partial charge is 0.307 e. The van der Waals surface area contributed by atoms with Gasteiger partial charge >= 0.3 is 5.97 Å². The number of carbonyl (C=O) groups excluding carboxylic acids is 1. The first-order chi connectivity index (χ1) is 9.99. The number of aromatic nitrogens is 1. The predicted octanol–water partition coefficient (Wildman–Crippen LogP) is 3.75. The Morgan fingerprint density at radius 2 is 2.00 bits per heavy atom. The number of carbonyl (C=O) groups is 2. The lowest BCUT2D eigenvalue weighted by Crippen LogP contribution is -2.25. The summed E-state index contributed by atoms with van der Waals surface area (Å²) in [6.07, 6.45) is 2.82. The molecule has 5 heteroatoms. The second-order valence-corrected chi connectivity index (χ2v) is 6.26. The van der Waals surface area contributed by atoms with Crippen LogP contribution < -0.4 is 0 Å². The van der Waals surface area contributed by atoms with E-state index < -0.39 is 17.8 Å². The molecule has 1 aromatic carbocycles. The van der Waals surface area contributed by atoms with Crippen LogP contribution in [-0.2, 0) is 4.79 Å². The Morgan fingerprint density at radius 1 is 1.29 bits per heavy atom. The fourth-order valence-corrected chi connectivity index (χ4v) is 3.67. The van der Waals surface area contributed by atoms with Crippen molar-refractivity contribution < 1.29 is 14.7 Å². The highest BCUT2D eigenvalue weighted by molar-refractivity contribution is 6.37. The van der Waals surface area contributed by atoms with Crippen LogP contribution in [0.15, 0.2) is 24.4 Å². The van der Waals surface area contributed by atoms with Crippen LogP contribution >= 0.6 is 11.6 Å². The van der Waals surface area contributed by atoms with Crippen molar-refractivity contribution in [2.45, 2.75) is 19.8 Å². The molecule has 4 nitrogen and oxygen atoms in total. The maximum absolute atomic E-state index is 12.8. The Labute approximate surface area is 127 Å². The number of ketones is 1. The van der Waals surface area contributed by atoms with Gasteiger partial charge in [0.25, 0.3) is 0 Å². The van der Waals surface area contributed by atoms with Crippen LogP contribution in [0.4, 0.5) is 0 Å². The normalized spacial score (nSPS) is 25.3. The van der Waals surface area contributed by atoms with Crippen molar-refractivity contribution in [3.63, 3.8) is 0 Å². The molecule has 1 saturated carbocycles. The van der Waals surface area contributed by atoms with Crippen LogP contribution in [0.5, 0.6) is 0 Å². The average Bonchev–Trinajstić information content (AvgIpc) is 3.02. The molecule has 0 spiro atoms. The molecule has 3 rings (SSSR count). The van der Waals surface area contributed by atoms with Crippen LogP contribution in [0.3, 0.4) is 0 Å². The van der Waals surface area contributed by atoms with Gasteiger partial charge in [-0.05, 0) is 30.9 Å². The monoisotopic (exact) mass is 305 g/mol. The van der Waals surface area contributed by atoms with Crippen LogP contribution in [0.2, 0.25) is 5.02 Å². The molecule has 21 heavy (non-hydrogen) atoms. The van der Waals surface area contributed by atoms with Crippen molar-refractivity contribution in [1.82, 2.24) is 4.98 Å². The van der Waals surface area contributed by atoms with Gasteiger partial charge < -0.3 is 10.1 Å². The van der Waals surface area contributed by atoms with Crippen LogP contribution in [0, 0.1) is 17.8 Å². The Kier molecular flexibility index (Phi) is 3.49. The standard InChI is InChI=1S/C16H16ClNO3/c1-8-5-9(10(6-8)16(20)21)15(19)11-7-18-13-4-2-3-12(17)14(11)13/h2-4,7-10,18H,5-6H2,1H3,(H,20,21). The van der Waals surface area contributed by atoms with Gasteiger partial charge in [-0.2, -0.15) is 0 Å². The molecule has 1 aliphatic carbocycles. The summed E-state index contributed by atoms with van der Waals surface area (Å²) in [5.41, 5.74) is 1.30. The number of hydrogen-bond acceptors (Lipinski definition) is 2. The lowest BCUT2D eigenvalue weighted by molar-refractivity contribution is -0.142. The van der Waals surface area contributed by atoms with Gasteiger partial charge in [0.1, 0.15) is 0 Å². The van der Waals surface area contributed by atoms with E-state index in [1.54, 1.807) is 12.3 Å². The van der Waals surface area contributed by atoms with Gasteiger partial charge in [0.05, 0.1) is 10.9 Å². The number of benzene rings is 1. The largest absolute Gasteiger partial charge is 0.481 e. The van der Waals surface area contributed by atoms with Crippen LogP contribution in [-0.4, -0.2) is 21.8 Å². The summed E-state index contributed by atoms with van der Waals surface area (Å²) in [5, 5.41) is 10.5. The molecule has 2 aromatic rings. The molecule has 1 aliphatic rings. The average molecular weight is 306 g/mol. The number of Topliss-reactive ketones (excluding diaryl/α,β-unsaturated/α-hetero) is 1. The van der Waals surface area contributed by atoms with Crippen molar-refractivity contribution in [2.75, 3.05) is 0 Å². The summed E-state index contributed by atoms with van der Waals surface area (Å²) in [6, 6.07) is 5.40. The summed E-state index contributed by atoms with van der Waals surface area (Å²) < 4.78 is 0. The summed E-state index contributed by atoms with van der Waals surface area (Å²) in [4.78, 5) is 27.2. The highest BCUT2D eigenvalue weighted by atomic mass is 35.5. The number of aromatic amines is 1. The summed E-state index contributed by atoms with van der Waals surface area (Å²) in [7, 11) is 0. The summed E-state index contributed by atoms with van der Waals surface area (Å²) in [5.74, 6) is -1.82. The Hall–Kier alpha value is -1.81. The number of carboxylic acids is 1. The van der Waals surface area contributed by atoms with Gasteiger partial charge in [-0.15, -0.1) is 0 Å². The summed E-state index contributed by atoms with van der Waals surface area (Å²) in [6.45, 7) is 1.99. The van der Waals surface area contributed by atoms with Crippen molar-refractivity contribution in [3.05, 3.63) is 35.0 Å². The van der Waals surface area contributed by atoms with E-state index in [0.29, 0.717) is 28.8 Å². The molecule has 3 unspecified atom stereocenters. The zero-order valence-corrected chi connectivity index (χ0v) is 12.4. The van der Waals surface area contributed by atoms with E-state index in [0.717, 1.165) is 5.52 Å². The third-order valence-corrected chi connectivity index (χ3v) is 4.69. The number of halogens is 1. The predicted molar refractivity (Wildman–Crippen MR) is 80.7 cm³/mol. The molecule has 110 valence electrons. The number of H-pyrrole nitrogens is 1. The first-order valence-electron chi connectivity index (χ1n) is 7.01. The maximum Gasteiger partial charge on any atom is 0.307 e. The molecule has 3 atom stereocenters. The Balaban J connectivity index is 2.03. The Morgan fingerprint density at radius 3 is 2.71 bits per heavy atom. The van der Waals surface area contributed by atoms with E-state index in [-0.39, 0.29) is 11.7 Å². The lowest BCUT2D eigenvalue weighted by atomic mass is 9.88. The highest BCUT2D eigenvalue weighted by Gasteiger charge is 2.41. The lowest BCUT2D eigenvalue weighted by Gasteiger charge is -2.14.